The predicted octanol–water partition coefficient (Wildman–Crippen LogP) is -0.497. The standard InChI is InChI=1S/C6H7NO4/c1-10-6(9)5-2-4(3-8)7-11-5/h3,5H,2H2,1H3. The molecular formula is C6H7NO4. The molecule has 1 aliphatic heterocycles. The van der Waals surface area contributed by atoms with E-state index >= 15 is 0 Å². The summed E-state index contributed by atoms with van der Waals surface area (Å²) < 4.78 is 4.37. The molecule has 1 unspecified atom stereocenters. The highest BCUT2D eigenvalue weighted by atomic mass is 16.7. The molecule has 0 aromatic rings. The number of carbonyl (C=O) groups is 2. The summed E-state index contributed by atoms with van der Waals surface area (Å²) in [6.45, 7) is 0. The van der Waals surface area contributed by atoms with Crippen molar-refractivity contribution in [2.24, 2.45) is 5.16 Å². The first-order valence-electron chi connectivity index (χ1n) is 3.03. The zero-order valence-electron chi connectivity index (χ0n) is 5.94. The summed E-state index contributed by atoms with van der Waals surface area (Å²) in [4.78, 5) is 25.4. The second kappa shape index (κ2) is 3.14. The Labute approximate surface area is 63.0 Å². The van der Waals surface area contributed by atoms with E-state index in [-0.39, 0.29) is 12.1 Å². The molecule has 1 heterocycles. The second-order valence-electron chi connectivity index (χ2n) is 2.02. The minimum Gasteiger partial charge on any atom is -0.466 e. The van der Waals surface area contributed by atoms with Gasteiger partial charge in [0, 0.05) is 6.42 Å². The summed E-state index contributed by atoms with van der Waals surface area (Å²) in [5.41, 5.74) is 0.236. The molecule has 5 heteroatoms. The maximum absolute atomic E-state index is 10.7. The Hall–Kier alpha value is -1.39. The molecule has 0 saturated carbocycles. The first kappa shape index (κ1) is 7.71. The average Bonchev–Trinajstić information content (AvgIpc) is 2.50. The highest BCUT2D eigenvalue weighted by Crippen LogP contribution is 2.09. The minimum absolute atomic E-state index is 0.205. The SMILES string of the molecule is COC(=O)C1CC(C=O)=NO1. The van der Waals surface area contributed by atoms with Crippen molar-refractivity contribution in [2.45, 2.75) is 12.5 Å². The van der Waals surface area contributed by atoms with Gasteiger partial charge in [0.25, 0.3) is 0 Å². The van der Waals surface area contributed by atoms with Crippen molar-refractivity contribution in [3.8, 4) is 0 Å². The van der Waals surface area contributed by atoms with E-state index in [0.29, 0.717) is 6.29 Å². The number of aldehydes is 1. The van der Waals surface area contributed by atoms with Gasteiger partial charge in [-0.2, -0.15) is 0 Å². The van der Waals surface area contributed by atoms with E-state index < -0.39 is 12.1 Å². The smallest absolute Gasteiger partial charge is 0.350 e. The van der Waals surface area contributed by atoms with Crippen molar-refractivity contribution in [1.82, 2.24) is 0 Å². The van der Waals surface area contributed by atoms with Gasteiger partial charge in [-0.1, -0.05) is 5.16 Å². The molecule has 60 valence electrons. The fraction of sp³-hybridized carbons (Fsp3) is 0.500. The van der Waals surface area contributed by atoms with Gasteiger partial charge in [-0.3, -0.25) is 4.79 Å². The van der Waals surface area contributed by atoms with Crippen LogP contribution in [0.25, 0.3) is 0 Å². The number of methoxy groups -OCH3 is 1. The Kier molecular flexibility index (Phi) is 2.20. The molecule has 0 radical (unpaired) electrons. The third-order valence-electron chi connectivity index (χ3n) is 1.29. The molecule has 1 atom stereocenters. The summed E-state index contributed by atoms with van der Waals surface area (Å²) in [5, 5.41) is 3.35. The third kappa shape index (κ3) is 1.54. The monoisotopic (exact) mass is 157 g/mol. The number of rotatable bonds is 2. The lowest BCUT2D eigenvalue weighted by molar-refractivity contribution is -0.152. The third-order valence-corrected chi connectivity index (χ3v) is 1.29. The largest absolute Gasteiger partial charge is 0.466 e. The lowest BCUT2D eigenvalue weighted by Gasteiger charge is -2.02. The molecule has 0 bridgehead atoms. The summed E-state index contributed by atoms with van der Waals surface area (Å²) >= 11 is 0. The molecular weight excluding hydrogens is 150 g/mol. The Balaban J connectivity index is 2.47. The van der Waals surface area contributed by atoms with E-state index in [0.717, 1.165) is 0 Å². The molecule has 0 spiro atoms. The Bertz CT molecular complexity index is 211. The van der Waals surface area contributed by atoms with Crippen LogP contribution in [0.4, 0.5) is 0 Å². The predicted molar refractivity (Wildman–Crippen MR) is 35.0 cm³/mol. The molecule has 0 aromatic heterocycles. The van der Waals surface area contributed by atoms with Crippen LogP contribution in [0.1, 0.15) is 6.42 Å². The summed E-state index contributed by atoms with van der Waals surface area (Å²) in [6.07, 6.45) is 0.0271. The zero-order chi connectivity index (χ0) is 8.27. The number of ether oxygens (including phenoxy) is 1. The van der Waals surface area contributed by atoms with Crippen molar-refractivity contribution in [1.29, 1.82) is 0 Å². The summed E-state index contributed by atoms with van der Waals surface area (Å²) in [6, 6.07) is 0. The summed E-state index contributed by atoms with van der Waals surface area (Å²) in [7, 11) is 1.25. The van der Waals surface area contributed by atoms with Crippen LogP contribution in [0.2, 0.25) is 0 Å². The number of carbonyl (C=O) groups excluding carboxylic acids is 2. The van der Waals surface area contributed by atoms with Gasteiger partial charge in [0.05, 0.1) is 7.11 Å². The molecule has 0 aliphatic carbocycles. The van der Waals surface area contributed by atoms with Gasteiger partial charge in [0.2, 0.25) is 6.10 Å². The fourth-order valence-electron chi connectivity index (χ4n) is 0.723. The van der Waals surface area contributed by atoms with E-state index in [1.807, 2.05) is 0 Å². The molecule has 0 amide bonds. The van der Waals surface area contributed by atoms with E-state index in [2.05, 4.69) is 14.7 Å². The highest BCUT2D eigenvalue weighted by Gasteiger charge is 2.28. The van der Waals surface area contributed by atoms with Crippen LogP contribution in [0.15, 0.2) is 5.16 Å². The fourth-order valence-corrected chi connectivity index (χ4v) is 0.723. The van der Waals surface area contributed by atoms with Gasteiger partial charge in [-0.15, -0.1) is 0 Å². The van der Waals surface area contributed by atoms with Crippen LogP contribution in [-0.2, 0) is 19.2 Å². The quantitative estimate of drug-likeness (QED) is 0.400. The molecule has 0 fully saturated rings. The summed E-state index contributed by atoms with van der Waals surface area (Å²) in [5.74, 6) is -0.509. The van der Waals surface area contributed by atoms with Crippen LogP contribution in [0, 0.1) is 0 Å². The minimum atomic E-state index is -0.736. The highest BCUT2D eigenvalue weighted by molar-refractivity contribution is 6.29. The normalized spacial score (nSPS) is 21.9. The van der Waals surface area contributed by atoms with Crippen molar-refractivity contribution in [3.63, 3.8) is 0 Å². The molecule has 1 aliphatic rings. The maximum Gasteiger partial charge on any atom is 0.350 e. The topological polar surface area (TPSA) is 65.0 Å². The van der Waals surface area contributed by atoms with E-state index in [1.165, 1.54) is 7.11 Å². The van der Waals surface area contributed by atoms with Gasteiger partial charge in [0.1, 0.15) is 5.71 Å². The molecule has 0 saturated heterocycles. The zero-order valence-corrected chi connectivity index (χ0v) is 5.94. The van der Waals surface area contributed by atoms with Crippen LogP contribution in [-0.4, -0.2) is 31.2 Å². The van der Waals surface area contributed by atoms with Gasteiger partial charge in [-0.25, -0.2) is 4.79 Å². The molecule has 0 N–H and O–H groups in total. The van der Waals surface area contributed by atoms with Gasteiger partial charge in [0.15, 0.2) is 6.29 Å². The number of hydrogen-bond acceptors (Lipinski definition) is 5. The first-order valence-corrected chi connectivity index (χ1v) is 3.03. The van der Waals surface area contributed by atoms with Crippen LogP contribution < -0.4 is 0 Å². The van der Waals surface area contributed by atoms with E-state index in [1.54, 1.807) is 0 Å². The Morgan fingerprint density at radius 2 is 2.64 bits per heavy atom. The number of esters is 1. The number of oxime groups is 1. The van der Waals surface area contributed by atoms with E-state index in [9.17, 15) is 9.59 Å². The number of nitrogens with zero attached hydrogens (tertiary/aromatic N) is 1. The Morgan fingerprint density at radius 3 is 3.09 bits per heavy atom. The Morgan fingerprint density at radius 1 is 1.91 bits per heavy atom. The van der Waals surface area contributed by atoms with Crippen molar-refractivity contribution in [2.75, 3.05) is 7.11 Å². The van der Waals surface area contributed by atoms with Gasteiger partial charge in [-0.05, 0) is 0 Å². The van der Waals surface area contributed by atoms with Gasteiger partial charge < -0.3 is 9.57 Å². The maximum atomic E-state index is 10.7. The molecule has 1 rings (SSSR count). The molecule has 11 heavy (non-hydrogen) atoms. The average molecular weight is 157 g/mol. The number of hydrogen-bond donors (Lipinski definition) is 0. The lowest BCUT2D eigenvalue weighted by atomic mass is 10.2. The van der Waals surface area contributed by atoms with Crippen molar-refractivity contribution >= 4 is 18.0 Å². The van der Waals surface area contributed by atoms with Crippen molar-refractivity contribution < 1.29 is 19.2 Å². The first-order chi connectivity index (χ1) is 5.27. The van der Waals surface area contributed by atoms with Gasteiger partial charge >= 0.3 is 5.97 Å². The van der Waals surface area contributed by atoms with Crippen LogP contribution in [0.5, 0.6) is 0 Å². The molecule has 0 aromatic carbocycles. The van der Waals surface area contributed by atoms with Crippen LogP contribution in [0.3, 0.4) is 0 Å². The second-order valence-corrected chi connectivity index (χ2v) is 2.02. The van der Waals surface area contributed by atoms with Crippen molar-refractivity contribution in [3.05, 3.63) is 0 Å². The van der Waals surface area contributed by atoms with E-state index in [4.69, 9.17) is 0 Å². The lowest BCUT2D eigenvalue weighted by Crippen LogP contribution is -2.22. The van der Waals surface area contributed by atoms with Crippen LogP contribution >= 0.6 is 0 Å². The molecule has 5 nitrogen and oxygen atoms in total.